The van der Waals surface area contributed by atoms with Crippen LogP contribution in [-0.4, -0.2) is 16.0 Å². The number of thiocarbonyl (C=S) groups is 1. The fourth-order valence-corrected chi connectivity index (χ4v) is 1.76. The van der Waals surface area contributed by atoms with Gasteiger partial charge in [0.1, 0.15) is 5.69 Å². The molecular weight excluding hydrogens is 317 g/mol. The van der Waals surface area contributed by atoms with Gasteiger partial charge in [0.05, 0.1) is 5.56 Å². The highest BCUT2D eigenvalue weighted by molar-refractivity contribution is 7.80. The van der Waals surface area contributed by atoms with Crippen molar-refractivity contribution in [3.05, 3.63) is 53.9 Å². The second-order valence-electron chi connectivity index (χ2n) is 4.20. The summed E-state index contributed by atoms with van der Waals surface area (Å²) in [5, 5.41) is 2.51. The number of amides is 1. The van der Waals surface area contributed by atoms with Crippen molar-refractivity contribution in [2.24, 2.45) is 0 Å². The predicted octanol–water partition coefficient (Wildman–Crippen LogP) is 2.66. The van der Waals surface area contributed by atoms with Gasteiger partial charge < -0.3 is 10.3 Å². The number of anilines is 1. The van der Waals surface area contributed by atoms with Gasteiger partial charge in [0.2, 0.25) is 0 Å². The molecule has 1 aromatic heterocycles. The molecule has 2 rings (SSSR count). The highest BCUT2D eigenvalue weighted by Gasteiger charge is 2.30. The predicted molar refractivity (Wildman–Crippen MR) is 79.1 cm³/mol. The number of hydrazine groups is 1. The van der Waals surface area contributed by atoms with Crippen molar-refractivity contribution < 1.29 is 18.0 Å². The zero-order valence-corrected chi connectivity index (χ0v) is 11.8. The van der Waals surface area contributed by atoms with Crippen LogP contribution in [0.1, 0.15) is 16.1 Å². The number of halogens is 3. The van der Waals surface area contributed by atoms with E-state index in [1.807, 2.05) is 0 Å². The van der Waals surface area contributed by atoms with Gasteiger partial charge in [-0.15, -0.1) is 0 Å². The van der Waals surface area contributed by atoms with Gasteiger partial charge in [-0.1, -0.05) is 6.07 Å². The van der Waals surface area contributed by atoms with Gasteiger partial charge in [0.25, 0.3) is 5.91 Å². The number of carbonyl (C=O) groups excluding carboxylic acids is 1. The summed E-state index contributed by atoms with van der Waals surface area (Å²) in [5.41, 5.74) is 4.37. The van der Waals surface area contributed by atoms with Crippen LogP contribution >= 0.6 is 12.2 Å². The second-order valence-corrected chi connectivity index (χ2v) is 4.60. The fourth-order valence-electron chi connectivity index (χ4n) is 1.59. The maximum Gasteiger partial charge on any atom is 0.416 e. The van der Waals surface area contributed by atoms with Gasteiger partial charge in [-0.25, -0.2) is 0 Å². The van der Waals surface area contributed by atoms with Gasteiger partial charge in [-0.2, -0.15) is 13.2 Å². The molecule has 0 saturated heterocycles. The fraction of sp³-hybridized carbons (Fsp3) is 0.0769. The molecule has 22 heavy (non-hydrogen) atoms. The summed E-state index contributed by atoms with van der Waals surface area (Å²) in [6.45, 7) is 0. The smallest absolute Gasteiger partial charge is 0.357 e. The third-order valence-electron chi connectivity index (χ3n) is 2.58. The number of carbonyl (C=O) groups is 1. The Morgan fingerprint density at radius 2 is 1.91 bits per heavy atom. The van der Waals surface area contributed by atoms with Crippen molar-refractivity contribution in [2.45, 2.75) is 6.18 Å². The van der Waals surface area contributed by atoms with Crippen LogP contribution in [0.15, 0.2) is 42.6 Å². The van der Waals surface area contributed by atoms with Gasteiger partial charge in [-0.3, -0.25) is 15.6 Å². The summed E-state index contributed by atoms with van der Waals surface area (Å²) in [6, 6.07) is 7.76. The number of alkyl halides is 3. The van der Waals surface area contributed by atoms with Gasteiger partial charge in [-0.05, 0) is 42.5 Å². The minimum absolute atomic E-state index is 0.0424. The van der Waals surface area contributed by atoms with Crippen molar-refractivity contribution in [1.29, 1.82) is 0 Å². The normalized spacial score (nSPS) is 10.9. The number of aromatic nitrogens is 1. The first kappa shape index (κ1) is 15.8. The molecule has 4 N–H and O–H groups in total. The SMILES string of the molecule is O=C(NNC(=S)Nc1cccc(C(F)(F)F)c1)c1ccc[nH]1. The van der Waals surface area contributed by atoms with Crippen LogP contribution < -0.4 is 16.2 Å². The standard InChI is InChI=1S/C13H11F3N4OS/c14-13(15,16)8-3-1-4-9(7-8)18-12(22)20-19-11(21)10-5-2-6-17-10/h1-7,17H,(H,19,21)(H2,18,20,22). The van der Waals surface area contributed by atoms with Crippen molar-refractivity contribution >= 4 is 28.9 Å². The lowest BCUT2D eigenvalue weighted by Gasteiger charge is -2.13. The monoisotopic (exact) mass is 328 g/mol. The average Bonchev–Trinajstić information content (AvgIpc) is 2.98. The van der Waals surface area contributed by atoms with Gasteiger partial charge >= 0.3 is 6.18 Å². The molecule has 0 aliphatic rings. The summed E-state index contributed by atoms with van der Waals surface area (Å²) in [5.74, 6) is -0.460. The summed E-state index contributed by atoms with van der Waals surface area (Å²) in [4.78, 5) is 14.3. The highest BCUT2D eigenvalue weighted by Crippen LogP contribution is 2.30. The van der Waals surface area contributed by atoms with Crippen LogP contribution in [0, 0.1) is 0 Å². The maximum absolute atomic E-state index is 12.6. The molecule has 1 aromatic carbocycles. The second kappa shape index (κ2) is 6.48. The Balaban J connectivity index is 1.91. The van der Waals surface area contributed by atoms with Crippen LogP contribution in [0.25, 0.3) is 0 Å². The Morgan fingerprint density at radius 3 is 2.55 bits per heavy atom. The summed E-state index contributed by atoms with van der Waals surface area (Å²) < 4.78 is 37.7. The van der Waals surface area contributed by atoms with E-state index in [2.05, 4.69) is 21.2 Å². The molecule has 2 aromatic rings. The molecule has 1 heterocycles. The van der Waals surface area contributed by atoms with Crippen molar-refractivity contribution in [1.82, 2.24) is 15.8 Å². The van der Waals surface area contributed by atoms with Crippen molar-refractivity contribution in [3.63, 3.8) is 0 Å². The van der Waals surface area contributed by atoms with E-state index in [0.717, 1.165) is 12.1 Å². The van der Waals surface area contributed by atoms with E-state index in [4.69, 9.17) is 12.2 Å². The lowest BCUT2D eigenvalue weighted by atomic mass is 10.2. The third-order valence-corrected chi connectivity index (χ3v) is 2.78. The summed E-state index contributed by atoms with van der Waals surface area (Å²) in [7, 11) is 0. The summed E-state index contributed by atoms with van der Waals surface area (Å²) >= 11 is 4.89. The Hall–Kier alpha value is -2.55. The number of rotatable bonds is 2. The minimum Gasteiger partial charge on any atom is -0.357 e. The van der Waals surface area contributed by atoms with Crippen molar-refractivity contribution in [3.8, 4) is 0 Å². The van der Waals surface area contributed by atoms with E-state index in [-0.39, 0.29) is 10.8 Å². The zero-order chi connectivity index (χ0) is 16.2. The van der Waals surface area contributed by atoms with E-state index in [9.17, 15) is 18.0 Å². The van der Waals surface area contributed by atoms with Crippen LogP contribution in [0.3, 0.4) is 0 Å². The Morgan fingerprint density at radius 1 is 1.14 bits per heavy atom. The van der Waals surface area contributed by atoms with E-state index in [0.29, 0.717) is 5.69 Å². The zero-order valence-electron chi connectivity index (χ0n) is 11.0. The molecule has 0 aliphatic carbocycles. The topological polar surface area (TPSA) is 69.0 Å². The molecule has 0 aliphatic heterocycles. The van der Waals surface area contributed by atoms with Gasteiger partial charge in [0, 0.05) is 11.9 Å². The van der Waals surface area contributed by atoms with E-state index < -0.39 is 17.6 Å². The average molecular weight is 328 g/mol. The molecule has 0 spiro atoms. The molecule has 0 atom stereocenters. The number of aromatic amines is 1. The molecular formula is C13H11F3N4OS. The van der Waals surface area contributed by atoms with E-state index >= 15 is 0 Å². The first-order valence-corrected chi connectivity index (χ1v) is 6.45. The molecule has 0 unspecified atom stereocenters. The largest absolute Gasteiger partial charge is 0.416 e. The number of nitrogens with one attached hydrogen (secondary N) is 4. The Bertz CT molecular complexity index is 670. The van der Waals surface area contributed by atoms with Crippen LogP contribution in [-0.2, 0) is 6.18 Å². The van der Waals surface area contributed by atoms with Crippen LogP contribution in [0.5, 0.6) is 0 Å². The molecule has 1 amide bonds. The number of hydrogen-bond acceptors (Lipinski definition) is 2. The Kier molecular flexibility index (Phi) is 4.66. The van der Waals surface area contributed by atoms with E-state index in [1.54, 1.807) is 18.3 Å². The molecule has 0 bridgehead atoms. The quantitative estimate of drug-likeness (QED) is 0.505. The highest BCUT2D eigenvalue weighted by atomic mass is 32.1. The number of benzene rings is 1. The maximum atomic E-state index is 12.6. The number of H-pyrrole nitrogens is 1. The first-order valence-electron chi connectivity index (χ1n) is 6.04. The molecule has 0 fully saturated rings. The summed E-state index contributed by atoms with van der Waals surface area (Å²) in [6.07, 6.45) is -2.86. The van der Waals surface area contributed by atoms with Crippen molar-refractivity contribution in [2.75, 3.05) is 5.32 Å². The molecule has 5 nitrogen and oxygen atoms in total. The van der Waals surface area contributed by atoms with Crippen LogP contribution in [0.4, 0.5) is 18.9 Å². The van der Waals surface area contributed by atoms with E-state index in [1.165, 1.54) is 12.1 Å². The molecule has 0 radical (unpaired) electrons. The first-order chi connectivity index (χ1) is 10.4. The third kappa shape index (κ3) is 4.22. The molecule has 0 saturated carbocycles. The Labute approximate surface area is 128 Å². The molecule has 116 valence electrons. The van der Waals surface area contributed by atoms with Crippen LogP contribution in [0.2, 0.25) is 0 Å². The number of hydrogen-bond donors (Lipinski definition) is 4. The lowest BCUT2D eigenvalue weighted by molar-refractivity contribution is -0.137. The van der Waals surface area contributed by atoms with Gasteiger partial charge in [0.15, 0.2) is 5.11 Å². The minimum atomic E-state index is -4.44. The lowest BCUT2D eigenvalue weighted by Crippen LogP contribution is -2.43. The molecule has 9 heteroatoms.